The van der Waals surface area contributed by atoms with Crippen LogP contribution < -0.4 is 5.32 Å². The number of non-ortho nitro benzene ring substituents is 1. The van der Waals surface area contributed by atoms with Gasteiger partial charge in [-0.1, -0.05) is 25.5 Å². The average Bonchev–Trinajstić information content (AvgIpc) is 2.73. The molecular formula is C21H24N2O6S. The van der Waals surface area contributed by atoms with Crippen LogP contribution in [0.1, 0.15) is 38.7 Å². The summed E-state index contributed by atoms with van der Waals surface area (Å²) in [6, 6.07) is 9.60. The molecule has 3 rings (SSSR count). The van der Waals surface area contributed by atoms with Crippen LogP contribution in [-0.4, -0.2) is 31.5 Å². The van der Waals surface area contributed by atoms with E-state index in [9.17, 15) is 23.3 Å². The number of hydrogen-bond acceptors (Lipinski definition) is 7. The van der Waals surface area contributed by atoms with E-state index < -0.39 is 20.3 Å². The number of hydrogen-bond donors (Lipinski definition) is 1. The Bertz CT molecular complexity index is 1080. The zero-order valence-electron chi connectivity index (χ0n) is 16.9. The highest BCUT2D eigenvalue weighted by Crippen LogP contribution is 2.35. The van der Waals surface area contributed by atoms with Crippen molar-refractivity contribution in [2.24, 2.45) is 0 Å². The van der Waals surface area contributed by atoms with Crippen LogP contribution in [-0.2, 0) is 25.8 Å². The van der Waals surface area contributed by atoms with Gasteiger partial charge in [-0.05, 0) is 49.9 Å². The fraction of sp³-hybridized carbons (Fsp3) is 0.381. The number of sulfone groups is 1. The van der Waals surface area contributed by atoms with Gasteiger partial charge in [0, 0.05) is 17.8 Å². The second-order valence-corrected chi connectivity index (χ2v) is 9.47. The first kappa shape index (κ1) is 21.8. The van der Waals surface area contributed by atoms with Crippen LogP contribution in [0, 0.1) is 10.1 Å². The highest BCUT2D eigenvalue weighted by atomic mass is 32.2. The van der Waals surface area contributed by atoms with Gasteiger partial charge in [-0.2, -0.15) is 0 Å². The molecule has 0 amide bonds. The lowest BCUT2D eigenvalue weighted by Crippen LogP contribution is -2.47. The minimum Gasteiger partial charge on any atom is -0.464 e. The Morgan fingerprint density at radius 2 is 1.97 bits per heavy atom. The molecule has 30 heavy (non-hydrogen) atoms. The van der Waals surface area contributed by atoms with E-state index in [1.165, 1.54) is 30.3 Å². The molecular weight excluding hydrogens is 408 g/mol. The maximum absolute atomic E-state index is 13.0. The first-order chi connectivity index (χ1) is 14.2. The highest BCUT2D eigenvalue weighted by molar-refractivity contribution is 7.91. The lowest BCUT2D eigenvalue weighted by molar-refractivity contribution is -0.385. The van der Waals surface area contributed by atoms with Crippen LogP contribution in [0.2, 0.25) is 0 Å². The molecule has 9 heteroatoms. The van der Waals surface area contributed by atoms with Gasteiger partial charge in [-0.3, -0.25) is 10.1 Å². The standard InChI is InChI=1S/C21H24N2O6S/c1-3-4-12-29-20(24)21(2)11-10-15-8-9-18(14-19(15)22-21)30(27,28)17-7-5-6-16(13-17)23(25)26/h5-9,13-14,22H,3-4,10-12H2,1-2H3. The third-order valence-electron chi connectivity index (χ3n) is 5.22. The molecule has 0 radical (unpaired) electrons. The van der Waals surface area contributed by atoms with Crippen LogP contribution in [0.15, 0.2) is 52.3 Å². The number of nitro benzene ring substituents is 1. The number of nitrogens with one attached hydrogen (secondary N) is 1. The van der Waals surface area contributed by atoms with E-state index in [0.717, 1.165) is 24.5 Å². The van der Waals surface area contributed by atoms with E-state index in [4.69, 9.17) is 4.74 Å². The lowest BCUT2D eigenvalue weighted by atomic mass is 9.88. The number of ether oxygens (including phenoxy) is 1. The molecule has 0 saturated heterocycles. The molecule has 0 aromatic heterocycles. The van der Waals surface area contributed by atoms with Gasteiger partial charge in [0.25, 0.3) is 5.69 Å². The maximum Gasteiger partial charge on any atom is 0.331 e. The quantitative estimate of drug-likeness (QED) is 0.305. The van der Waals surface area contributed by atoms with Gasteiger partial charge in [0.2, 0.25) is 9.84 Å². The number of esters is 1. The number of nitrogens with zero attached hydrogens (tertiary/aromatic N) is 1. The third-order valence-corrected chi connectivity index (χ3v) is 6.97. The monoisotopic (exact) mass is 432 g/mol. The molecule has 1 aliphatic heterocycles. The topological polar surface area (TPSA) is 116 Å². The summed E-state index contributed by atoms with van der Waals surface area (Å²) in [7, 11) is -3.96. The first-order valence-electron chi connectivity index (χ1n) is 9.75. The Morgan fingerprint density at radius 1 is 1.23 bits per heavy atom. The smallest absolute Gasteiger partial charge is 0.331 e. The van der Waals surface area contributed by atoms with Gasteiger partial charge in [-0.15, -0.1) is 0 Å². The maximum atomic E-state index is 13.0. The molecule has 0 fully saturated rings. The van der Waals surface area contributed by atoms with Gasteiger partial charge in [0.15, 0.2) is 0 Å². The molecule has 1 atom stereocenters. The summed E-state index contributed by atoms with van der Waals surface area (Å²) < 4.78 is 31.4. The Hall–Kier alpha value is -2.94. The number of fused-ring (bicyclic) bond motifs is 1. The van der Waals surface area contributed by atoms with E-state index in [1.54, 1.807) is 13.0 Å². The number of carbonyl (C=O) groups is 1. The predicted octanol–water partition coefficient (Wildman–Crippen LogP) is 3.89. The van der Waals surface area contributed by atoms with Crippen molar-refractivity contribution in [2.75, 3.05) is 11.9 Å². The van der Waals surface area contributed by atoms with Crippen molar-refractivity contribution in [2.45, 2.75) is 54.9 Å². The zero-order chi connectivity index (χ0) is 21.9. The molecule has 160 valence electrons. The summed E-state index contributed by atoms with van der Waals surface area (Å²) in [4.78, 5) is 22.7. The number of rotatable bonds is 7. The van der Waals surface area contributed by atoms with Gasteiger partial charge in [0.05, 0.1) is 21.3 Å². The normalized spacial score (nSPS) is 18.2. The van der Waals surface area contributed by atoms with E-state index >= 15 is 0 Å². The minimum atomic E-state index is -3.96. The number of unbranched alkanes of at least 4 members (excludes halogenated alkanes) is 1. The van der Waals surface area contributed by atoms with Gasteiger partial charge >= 0.3 is 5.97 Å². The van der Waals surface area contributed by atoms with Crippen molar-refractivity contribution in [3.05, 3.63) is 58.1 Å². The Kier molecular flexibility index (Phi) is 6.12. The Morgan fingerprint density at radius 3 is 2.67 bits per heavy atom. The number of carbonyl (C=O) groups excluding carboxylic acids is 1. The molecule has 2 aromatic rings. The van der Waals surface area contributed by atoms with Gasteiger partial charge in [0.1, 0.15) is 5.54 Å². The summed E-state index contributed by atoms with van der Waals surface area (Å²) in [5, 5.41) is 14.1. The van der Waals surface area contributed by atoms with E-state index in [0.29, 0.717) is 25.1 Å². The molecule has 0 aliphatic carbocycles. The van der Waals surface area contributed by atoms with Crippen molar-refractivity contribution in [3.8, 4) is 0 Å². The zero-order valence-corrected chi connectivity index (χ0v) is 17.7. The number of benzene rings is 2. The van der Waals surface area contributed by atoms with Crippen LogP contribution in [0.3, 0.4) is 0 Å². The Balaban J connectivity index is 1.90. The molecule has 0 bridgehead atoms. The average molecular weight is 432 g/mol. The summed E-state index contributed by atoms with van der Waals surface area (Å²) in [6.45, 7) is 4.10. The number of aryl methyl sites for hydroxylation is 1. The molecule has 1 N–H and O–H groups in total. The minimum absolute atomic E-state index is 0.00199. The number of anilines is 1. The first-order valence-corrected chi connectivity index (χ1v) is 11.2. The largest absolute Gasteiger partial charge is 0.464 e. The third kappa shape index (κ3) is 4.30. The summed E-state index contributed by atoms with van der Waals surface area (Å²) >= 11 is 0. The Labute approximate surface area is 175 Å². The second-order valence-electron chi connectivity index (χ2n) is 7.52. The summed E-state index contributed by atoms with van der Waals surface area (Å²) in [5.74, 6) is -0.367. The van der Waals surface area contributed by atoms with Crippen molar-refractivity contribution < 1.29 is 22.9 Å². The fourth-order valence-electron chi connectivity index (χ4n) is 3.32. The van der Waals surface area contributed by atoms with E-state index in [1.807, 2.05) is 6.92 Å². The van der Waals surface area contributed by atoms with Gasteiger partial charge in [-0.25, -0.2) is 13.2 Å². The fourth-order valence-corrected chi connectivity index (χ4v) is 4.65. The van der Waals surface area contributed by atoms with E-state index in [2.05, 4.69) is 5.32 Å². The number of nitro groups is 1. The summed E-state index contributed by atoms with van der Waals surface area (Å²) in [5.41, 5.74) is 0.193. The molecule has 1 heterocycles. The lowest BCUT2D eigenvalue weighted by Gasteiger charge is -2.35. The van der Waals surface area contributed by atoms with E-state index in [-0.39, 0.29) is 21.4 Å². The van der Waals surface area contributed by atoms with Crippen molar-refractivity contribution >= 4 is 27.2 Å². The molecule has 1 aliphatic rings. The molecule has 0 spiro atoms. The predicted molar refractivity (Wildman–Crippen MR) is 111 cm³/mol. The van der Waals surface area contributed by atoms with Crippen molar-refractivity contribution in [1.82, 2.24) is 0 Å². The van der Waals surface area contributed by atoms with Crippen LogP contribution >= 0.6 is 0 Å². The molecule has 8 nitrogen and oxygen atoms in total. The van der Waals surface area contributed by atoms with Crippen LogP contribution in [0.4, 0.5) is 11.4 Å². The molecule has 1 unspecified atom stereocenters. The molecule has 2 aromatic carbocycles. The van der Waals surface area contributed by atoms with Gasteiger partial charge < -0.3 is 10.1 Å². The molecule has 0 saturated carbocycles. The summed E-state index contributed by atoms with van der Waals surface area (Å²) in [6.07, 6.45) is 2.82. The van der Waals surface area contributed by atoms with Crippen LogP contribution in [0.25, 0.3) is 0 Å². The van der Waals surface area contributed by atoms with Crippen LogP contribution in [0.5, 0.6) is 0 Å². The SMILES string of the molecule is CCCCOC(=O)C1(C)CCc2ccc(S(=O)(=O)c3cccc([N+](=O)[O-])c3)cc2N1. The highest BCUT2D eigenvalue weighted by Gasteiger charge is 2.38. The second kappa shape index (κ2) is 8.43. The van der Waals surface area contributed by atoms with Crippen molar-refractivity contribution in [1.29, 1.82) is 0 Å². The van der Waals surface area contributed by atoms with Crippen molar-refractivity contribution in [3.63, 3.8) is 0 Å².